The first-order chi connectivity index (χ1) is 17.4. The molecule has 2 aliphatic rings. The number of likely N-dealkylation sites (tertiary alicyclic amines) is 1. The Kier molecular flexibility index (Phi) is 7.09. The summed E-state index contributed by atoms with van der Waals surface area (Å²) in [6, 6.07) is 13.4. The molecule has 3 heterocycles. The molecule has 9 heteroatoms. The number of anilines is 3. The molecule has 8 nitrogen and oxygen atoms in total. The summed E-state index contributed by atoms with van der Waals surface area (Å²) < 4.78 is 0. The molecular weight excluding hydrogens is 476 g/mol. The molecule has 0 bridgehead atoms. The van der Waals surface area contributed by atoms with Crippen LogP contribution in [0, 0.1) is 0 Å². The zero-order chi connectivity index (χ0) is 25.2. The summed E-state index contributed by atoms with van der Waals surface area (Å²) in [6.07, 6.45) is 2.38. The van der Waals surface area contributed by atoms with E-state index in [4.69, 9.17) is 16.6 Å². The van der Waals surface area contributed by atoms with E-state index in [1.165, 1.54) is 0 Å². The fourth-order valence-corrected chi connectivity index (χ4v) is 5.28. The number of benzene rings is 2. The Morgan fingerprint density at radius 1 is 1.22 bits per heavy atom. The van der Waals surface area contributed by atoms with Gasteiger partial charge < -0.3 is 20.6 Å². The summed E-state index contributed by atoms with van der Waals surface area (Å²) in [5, 5.41) is 17.2. The van der Waals surface area contributed by atoms with Crippen LogP contribution in [-0.4, -0.2) is 69.2 Å². The average Bonchev–Trinajstić information content (AvgIpc) is 3.31. The summed E-state index contributed by atoms with van der Waals surface area (Å²) in [6.45, 7) is 7.92. The second-order valence-electron chi connectivity index (χ2n) is 9.24. The third-order valence-corrected chi connectivity index (χ3v) is 7.24. The predicted octanol–water partition coefficient (Wildman–Crippen LogP) is 4.38. The van der Waals surface area contributed by atoms with Gasteiger partial charge in [0.05, 0.1) is 5.69 Å². The van der Waals surface area contributed by atoms with Crippen molar-refractivity contribution in [2.24, 2.45) is 0 Å². The highest BCUT2D eigenvalue weighted by molar-refractivity contribution is 6.31. The first-order valence-corrected chi connectivity index (χ1v) is 12.8. The maximum Gasteiger partial charge on any atom is 0.253 e. The molecule has 0 aliphatic carbocycles. The Hall–Kier alpha value is -3.20. The lowest BCUT2D eigenvalue weighted by atomic mass is 10.1. The summed E-state index contributed by atoms with van der Waals surface area (Å²) in [7, 11) is 0. The average molecular weight is 507 g/mol. The summed E-state index contributed by atoms with van der Waals surface area (Å²) >= 11 is 6.16. The van der Waals surface area contributed by atoms with Gasteiger partial charge in [-0.25, -0.2) is 9.97 Å². The highest BCUT2D eigenvalue weighted by atomic mass is 35.5. The van der Waals surface area contributed by atoms with Crippen molar-refractivity contribution in [1.29, 1.82) is 0 Å². The van der Waals surface area contributed by atoms with Crippen LogP contribution in [-0.2, 0) is 6.42 Å². The van der Waals surface area contributed by atoms with Crippen molar-refractivity contribution in [3.8, 4) is 11.3 Å². The molecule has 0 saturated carbocycles. The van der Waals surface area contributed by atoms with Crippen molar-refractivity contribution in [3.63, 3.8) is 0 Å². The van der Waals surface area contributed by atoms with Crippen LogP contribution in [0.15, 0.2) is 48.7 Å². The number of aromatic nitrogens is 2. The van der Waals surface area contributed by atoms with Crippen molar-refractivity contribution < 1.29 is 9.90 Å². The number of aliphatic hydroxyl groups excluding tert-OH is 1. The van der Waals surface area contributed by atoms with Crippen LogP contribution in [0.5, 0.6) is 0 Å². The number of carbonyl (C=O) groups excluding carboxylic acids is 1. The molecule has 0 spiro atoms. The van der Waals surface area contributed by atoms with Crippen LogP contribution >= 0.6 is 11.6 Å². The molecule has 3 N–H and O–H groups in total. The maximum absolute atomic E-state index is 13.0. The van der Waals surface area contributed by atoms with E-state index in [0.29, 0.717) is 29.0 Å². The van der Waals surface area contributed by atoms with Crippen LogP contribution in [0.1, 0.15) is 36.2 Å². The highest BCUT2D eigenvalue weighted by Gasteiger charge is 2.29. The lowest BCUT2D eigenvalue weighted by Gasteiger charge is -2.26. The Labute approximate surface area is 216 Å². The number of halogens is 1. The van der Waals surface area contributed by atoms with Crippen molar-refractivity contribution in [3.05, 3.63) is 64.8 Å². The van der Waals surface area contributed by atoms with Gasteiger partial charge in [0.25, 0.3) is 5.91 Å². The quantitative estimate of drug-likeness (QED) is 0.456. The number of amides is 1. The van der Waals surface area contributed by atoms with Gasteiger partial charge in [0.1, 0.15) is 6.23 Å². The summed E-state index contributed by atoms with van der Waals surface area (Å²) in [5.74, 6) is 0.505. The Morgan fingerprint density at radius 3 is 2.75 bits per heavy atom. The fraction of sp³-hybridized carbons (Fsp3) is 0.370. The minimum absolute atomic E-state index is 0.0683. The van der Waals surface area contributed by atoms with Gasteiger partial charge in [-0.1, -0.05) is 25.4 Å². The molecule has 1 fully saturated rings. The van der Waals surface area contributed by atoms with Crippen LogP contribution in [0.4, 0.5) is 17.3 Å². The first-order valence-electron chi connectivity index (χ1n) is 12.5. The first kappa shape index (κ1) is 24.5. The second kappa shape index (κ2) is 10.4. The number of hydrogen-bond acceptors (Lipinski definition) is 7. The van der Waals surface area contributed by atoms with Gasteiger partial charge in [-0.3, -0.25) is 9.69 Å². The lowest BCUT2D eigenvalue weighted by molar-refractivity contribution is 0.0778. The van der Waals surface area contributed by atoms with Gasteiger partial charge in [0.15, 0.2) is 0 Å². The normalized spacial score (nSPS) is 18.9. The zero-order valence-corrected chi connectivity index (χ0v) is 21.3. The summed E-state index contributed by atoms with van der Waals surface area (Å²) in [5.41, 5.74) is 4.63. The number of nitrogens with one attached hydrogen (secondary N) is 2. The fourth-order valence-electron chi connectivity index (χ4n) is 5.10. The molecule has 3 aromatic rings. The van der Waals surface area contributed by atoms with Crippen molar-refractivity contribution >= 4 is 34.8 Å². The molecule has 188 valence electrons. The van der Waals surface area contributed by atoms with Crippen LogP contribution in [0.25, 0.3) is 11.3 Å². The minimum atomic E-state index is -0.756. The minimum Gasteiger partial charge on any atom is -0.373 e. The molecule has 1 amide bonds. The van der Waals surface area contributed by atoms with Crippen molar-refractivity contribution in [2.45, 2.75) is 39.0 Å². The standard InChI is InChI=1S/C27H31ClN6O2/c1-3-33(4-2)21-11-12-34(16-21)26(36)17-5-8-20(9-6-17)30-27-29-15-18-13-24(35)31-23-14-19(28)7-10-22(23)25(18)32-27/h5-10,14-15,21,24,31,35H,3-4,11-13,16H2,1-2H3,(H,29,30,32). The van der Waals surface area contributed by atoms with E-state index < -0.39 is 6.23 Å². The molecule has 2 unspecified atom stereocenters. The largest absolute Gasteiger partial charge is 0.373 e. The molecule has 5 rings (SSSR count). The molecule has 0 radical (unpaired) electrons. The van der Waals surface area contributed by atoms with Gasteiger partial charge in [-0.05, 0) is 62.0 Å². The van der Waals surface area contributed by atoms with E-state index >= 15 is 0 Å². The molecular formula is C27H31ClN6O2. The number of likely N-dealkylation sites (N-methyl/N-ethyl adjacent to an activating group) is 1. The SMILES string of the molecule is CCN(CC)C1CCN(C(=O)c2ccc(Nc3ncc4c(n3)-c3ccc(Cl)cc3NC(O)C4)cc2)C1. The van der Waals surface area contributed by atoms with Crippen molar-refractivity contribution in [2.75, 3.05) is 36.8 Å². The van der Waals surface area contributed by atoms with Gasteiger partial charge in [0.2, 0.25) is 5.95 Å². The molecule has 36 heavy (non-hydrogen) atoms. The van der Waals surface area contributed by atoms with Crippen molar-refractivity contribution in [1.82, 2.24) is 19.8 Å². The number of fused-ring (bicyclic) bond motifs is 3. The van der Waals surface area contributed by atoms with Crippen LogP contribution < -0.4 is 10.6 Å². The van der Waals surface area contributed by atoms with Gasteiger partial charge in [-0.15, -0.1) is 0 Å². The molecule has 1 saturated heterocycles. The van der Waals surface area contributed by atoms with E-state index in [0.717, 1.165) is 60.8 Å². The van der Waals surface area contributed by atoms with E-state index in [9.17, 15) is 9.90 Å². The zero-order valence-electron chi connectivity index (χ0n) is 20.5. The molecule has 2 atom stereocenters. The number of hydrogen-bond donors (Lipinski definition) is 3. The monoisotopic (exact) mass is 506 g/mol. The highest BCUT2D eigenvalue weighted by Crippen LogP contribution is 2.35. The summed E-state index contributed by atoms with van der Waals surface area (Å²) in [4.78, 5) is 26.6. The van der Waals surface area contributed by atoms with E-state index in [1.807, 2.05) is 35.2 Å². The van der Waals surface area contributed by atoms with Gasteiger partial charge in [0, 0.05) is 64.8 Å². The molecule has 2 aliphatic heterocycles. The molecule has 2 aromatic carbocycles. The Balaban J connectivity index is 1.31. The van der Waals surface area contributed by atoms with Crippen LogP contribution in [0.2, 0.25) is 5.02 Å². The van der Waals surface area contributed by atoms with Crippen LogP contribution in [0.3, 0.4) is 0 Å². The lowest BCUT2D eigenvalue weighted by Crippen LogP contribution is -2.38. The van der Waals surface area contributed by atoms with Gasteiger partial charge in [-0.2, -0.15) is 0 Å². The Morgan fingerprint density at radius 2 is 2.00 bits per heavy atom. The Bertz CT molecular complexity index is 1250. The van der Waals surface area contributed by atoms with E-state index in [1.54, 1.807) is 18.3 Å². The third-order valence-electron chi connectivity index (χ3n) is 7.00. The third kappa shape index (κ3) is 5.02. The smallest absolute Gasteiger partial charge is 0.253 e. The topological polar surface area (TPSA) is 93.6 Å². The number of rotatable bonds is 6. The van der Waals surface area contributed by atoms with E-state index in [2.05, 4.69) is 34.4 Å². The predicted molar refractivity (Wildman–Crippen MR) is 143 cm³/mol. The molecule has 1 aromatic heterocycles. The second-order valence-corrected chi connectivity index (χ2v) is 9.68. The van der Waals surface area contributed by atoms with Gasteiger partial charge >= 0.3 is 0 Å². The maximum atomic E-state index is 13.0. The number of aliphatic hydroxyl groups is 1. The number of carbonyl (C=O) groups is 1. The van der Waals surface area contributed by atoms with E-state index in [-0.39, 0.29) is 5.91 Å². The number of nitrogens with zero attached hydrogens (tertiary/aromatic N) is 4.